The predicted octanol–water partition coefficient (Wildman–Crippen LogP) is 3.01. The molecule has 0 aliphatic carbocycles. The first-order valence-electron chi connectivity index (χ1n) is 9.07. The summed E-state index contributed by atoms with van der Waals surface area (Å²) in [4.78, 5) is 38.9. The van der Waals surface area contributed by atoms with Crippen LogP contribution < -0.4 is 9.80 Å². The second-order valence-corrected chi connectivity index (χ2v) is 6.33. The lowest BCUT2D eigenvalue weighted by molar-refractivity contribution is -0.384. The summed E-state index contributed by atoms with van der Waals surface area (Å²) in [6, 6.07) is 13.0. The maximum absolute atomic E-state index is 13.1. The van der Waals surface area contributed by atoms with Gasteiger partial charge in [0, 0.05) is 30.8 Å². The Balaban J connectivity index is 1.89. The molecule has 0 unspecified atom stereocenters. The molecule has 0 aromatic heterocycles. The Bertz CT molecular complexity index is 882. The average molecular weight is 383 g/mol. The van der Waals surface area contributed by atoms with Gasteiger partial charge in [-0.25, -0.2) is 0 Å². The monoisotopic (exact) mass is 383 g/mol. The van der Waals surface area contributed by atoms with Gasteiger partial charge in [-0.3, -0.25) is 19.7 Å². The maximum Gasteiger partial charge on any atom is 0.325 e. The number of rotatable bonds is 5. The molecule has 1 aliphatic heterocycles. The van der Waals surface area contributed by atoms with E-state index >= 15 is 0 Å². The van der Waals surface area contributed by atoms with E-state index < -0.39 is 4.92 Å². The van der Waals surface area contributed by atoms with Crippen molar-refractivity contribution in [2.75, 3.05) is 36.0 Å². The number of carbonyl (C=O) groups is 2. The highest BCUT2D eigenvalue weighted by Gasteiger charge is 2.26. The number of non-ortho nitro benzene ring substituents is 1. The van der Waals surface area contributed by atoms with Crippen molar-refractivity contribution >= 4 is 28.9 Å². The number of nitro groups is 1. The average Bonchev–Trinajstić information content (AvgIpc) is 2.87. The minimum absolute atomic E-state index is 0.0616. The fourth-order valence-electron chi connectivity index (χ4n) is 3.24. The first kappa shape index (κ1) is 19.3. The molecule has 8 nitrogen and oxygen atoms in total. The van der Waals surface area contributed by atoms with E-state index in [9.17, 15) is 19.7 Å². The quantitative estimate of drug-likeness (QED) is 0.448. The molecule has 0 bridgehead atoms. The van der Waals surface area contributed by atoms with Gasteiger partial charge in [0.25, 0.3) is 11.6 Å². The summed E-state index contributed by atoms with van der Waals surface area (Å²) in [5.41, 5.74) is 1.80. The van der Waals surface area contributed by atoms with E-state index in [4.69, 9.17) is 4.74 Å². The third-order valence-corrected chi connectivity index (χ3v) is 4.52. The third kappa shape index (κ3) is 4.11. The highest BCUT2D eigenvalue weighted by atomic mass is 16.6. The molecule has 0 saturated carbocycles. The SMILES string of the molecule is CCOC(=O)CN1CCCN(C(=O)c2ccc([N+](=O)[O-])cc2)c2ccccc21. The highest BCUT2D eigenvalue weighted by molar-refractivity contribution is 6.08. The van der Waals surface area contributed by atoms with Gasteiger partial charge in [-0.2, -0.15) is 0 Å². The lowest BCUT2D eigenvalue weighted by Gasteiger charge is -2.26. The third-order valence-electron chi connectivity index (χ3n) is 4.52. The second-order valence-electron chi connectivity index (χ2n) is 6.33. The van der Waals surface area contributed by atoms with Gasteiger partial charge < -0.3 is 14.5 Å². The summed E-state index contributed by atoms with van der Waals surface area (Å²) in [7, 11) is 0. The van der Waals surface area contributed by atoms with Crippen LogP contribution in [-0.4, -0.2) is 43.0 Å². The Kier molecular flexibility index (Phi) is 5.88. The van der Waals surface area contributed by atoms with E-state index in [0.29, 0.717) is 37.4 Å². The fourth-order valence-corrected chi connectivity index (χ4v) is 3.24. The minimum atomic E-state index is -0.497. The molecule has 1 heterocycles. The molecule has 0 radical (unpaired) electrons. The summed E-state index contributed by atoms with van der Waals surface area (Å²) in [6.45, 7) is 3.29. The topological polar surface area (TPSA) is 93.0 Å². The zero-order valence-corrected chi connectivity index (χ0v) is 15.5. The van der Waals surface area contributed by atoms with Crippen LogP contribution in [-0.2, 0) is 9.53 Å². The number of nitro benzene ring substituents is 1. The van der Waals surface area contributed by atoms with Gasteiger partial charge in [0.2, 0.25) is 0 Å². The molecule has 0 saturated heterocycles. The summed E-state index contributed by atoms with van der Waals surface area (Å²) in [5, 5.41) is 10.8. The van der Waals surface area contributed by atoms with Crippen molar-refractivity contribution < 1.29 is 19.2 Å². The molecular formula is C20H21N3O5. The number of nitrogens with zero attached hydrogens (tertiary/aromatic N) is 3. The standard InChI is InChI=1S/C20H21N3O5/c1-2-28-19(24)14-21-12-5-13-22(18-7-4-3-6-17(18)21)20(25)15-8-10-16(11-9-15)23(26)27/h3-4,6-11H,2,5,12-14H2,1H3. The van der Waals surface area contributed by atoms with Crippen molar-refractivity contribution in [3.05, 3.63) is 64.2 Å². The van der Waals surface area contributed by atoms with Gasteiger partial charge in [-0.15, -0.1) is 0 Å². The Morgan fingerprint density at radius 1 is 1.07 bits per heavy atom. The number of esters is 1. The number of hydrogen-bond donors (Lipinski definition) is 0. The van der Waals surface area contributed by atoms with Crippen LogP contribution >= 0.6 is 0 Å². The molecule has 0 atom stereocenters. The molecule has 8 heteroatoms. The Morgan fingerprint density at radius 2 is 1.75 bits per heavy atom. The van der Waals surface area contributed by atoms with Crippen LogP contribution in [0.2, 0.25) is 0 Å². The normalized spacial score (nSPS) is 13.5. The minimum Gasteiger partial charge on any atom is -0.465 e. The van der Waals surface area contributed by atoms with Crippen LogP contribution in [0, 0.1) is 10.1 Å². The number of amides is 1. The number of carbonyl (C=O) groups excluding carboxylic acids is 2. The lowest BCUT2D eigenvalue weighted by Crippen LogP contribution is -2.31. The predicted molar refractivity (Wildman–Crippen MR) is 105 cm³/mol. The zero-order valence-electron chi connectivity index (χ0n) is 15.5. The molecule has 3 rings (SSSR count). The molecule has 0 fully saturated rings. The van der Waals surface area contributed by atoms with Crippen molar-refractivity contribution in [3.8, 4) is 0 Å². The molecule has 0 N–H and O–H groups in total. The van der Waals surface area contributed by atoms with E-state index in [-0.39, 0.29) is 24.1 Å². The van der Waals surface area contributed by atoms with Crippen LogP contribution in [0.25, 0.3) is 0 Å². The number of para-hydroxylation sites is 2. The van der Waals surface area contributed by atoms with E-state index in [1.165, 1.54) is 24.3 Å². The molecule has 2 aromatic rings. The Morgan fingerprint density at radius 3 is 2.39 bits per heavy atom. The first-order valence-corrected chi connectivity index (χ1v) is 9.07. The molecular weight excluding hydrogens is 362 g/mol. The number of hydrogen-bond acceptors (Lipinski definition) is 6. The molecule has 2 aromatic carbocycles. The molecule has 146 valence electrons. The lowest BCUT2D eigenvalue weighted by atomic mass is 10.1. The smallest absolute Gasteiger partial charge is 0.325 e. The first-order chi connectivity index (χ1) is 13.5. The van der Waals surface area contributed by atoms with E-state index in [1.807, 2.05) is 29.2 Å². The van der Waals surface area contributed by atoms with Crippen molar-refractivity contribution in [1.29, 1.82) is 0 Å². The number of anilines is 2. The summed E-state index contributed by atoms with van der Waals surface area (Å²) >= 11 is 0. The highest BCUT2D eigenvalue weighted by Crippen LogP contribution is 2.33. The van der Waals surface area contributed by atoms with E-state index in [1.54, 1.807) is 11.8 Å². The zero-order chi connectivity index (χ0) is 20.1. The molecule has 1 aliphatic rings. The fraction of sp³-hybridized carbons (Fsp3) is 0.300. The van der Waals surface area contributed by atoms with Crippen LogP contribution in [0.1, 0.15) is 23.7 Å². The number of fused-ring (bicyclic) bond motifs is 1. The number of benzene rings is 2. The van der Waals surface area contributed by atoms with Crippen LogP contribution in [0.5, 0.6) is 0 Å². The van der Waals surface area contributed by atoms with E-state index in [0.717, 1.165) is 5.69 Å². The van der Waals surface area contributed by atoms with E-state index in [2.05, 4.69) is 0 Å². The van der Waals surface area contributed by atoms with Gasteiger partial charge >= 0.3 is 5.97 Å². The van der Waals surface area contributed by atoms with Gasteiger partial charge in [0.1, 0.15) is 6.54 Å². The van der Waals surface area contributed by atoms with Gasteiger partial charge in [0.05, 0.1) is 22.9 Å². The van der Waals surface area contributed by atoms with Gasteiger partial charge in [-0.1, -0.05) is 12.1 Å². The summed E-state index contributed by atoms with van der Waals surface area (Å²) in [5.74, 6) is -0.548. The molecule has 28 heavy (non-hydrogen) atoms. The van der Waals surface area contributed by atoms with Crippen LogP contribution in [0.4, 0.5) is 17.1 Å². The van der Waals surface area contributed by atoms with Crippen LogP contribution in [0.3, 0.4) is 0 Å². The Hall–Kier alpha value is -3.42. The molecule has 1 amide bonds. The van der Waals surface area contributed by atoms with Crippen molar-refractivity contribution in [2.24, 2.45) is 0 Å². The van der Waals surface area contributed by atoms with Gasteiger partial charge in [0.15, 0.2) is 0 Å². The largest absolute Gasteiger partial charge is 0.465 e. The van der Waals surface area contributed by atoms with Crippen LogP contribution in [0.15, 0.2) is 48.5 Å². The summed E-state index contributed by atoms with van der Waals surface area (Å²) in [6.07, 6.45) is 0.673. The maximum atomic E-state index is 13.1. The van der Waals surface area contributed by atoms with Crippen molar-refractivity contribution in [3.63, 3.8) is 0 Å². The van der Waals surface area contributed by atoms with Crippen molar-refractivity contribution in [2.45, 2.75) is 13.3 Å². The molecule has 0 spiro atoms. The van der Waals surface area contributed by atoms with Crippen molar-refractivity contribution in [1.82, 2.24) is 0 Å². The number of ether oxygens (including phenoxy) is 1. The second kappa shape index (κ2) is 8.51. The van der Waals surface area contributed by atoms with Gasteiger partial charge in [-0.05, 0) is 37.6 Å². The summed E-state index contributed by atoms with van der Waals surface area (Å²) < 4.78 is 5.06. The Labute approximate surface area is 162 Å².